The Labute approximate surface area is 120 Å². The van der Waals surface area contributed by atoms with Gasteiger partial charge in [0.05, 0.1) is 5.41 Å². The number of halogens is 3. The second kappa shape index (κ2) is 5.31. The van der Waals surface area contributed by atoms with Crippen molar-refractivity contribution in [2.75, 3.05) is 0 Å². The van der Waals surface area contributed by atoms with Crippen LogP contribution in [0.2, 0.25) is 0 Å². The van der Waals surface area contributed by atoms with Gasteiger partial charge in [-0.1, -0.05) is 32.4 Å². The van der Waals surface area contributed by atoms with Crippen molar-refractivity contribution in [1.29, 1.82) is 0 Å². The Morgan fingerprint density at radius 2 is 1.90 bits per heavy atom. The van der Waals surface area contributed by atoms with Crippen molar-refractivity contribution in [2.24, 2.45) is 16.7 Å². The maximum atomic E-state index is 12.7. The maximum absolute atomic E-state index is 12.7. The molecule has 0 aromatic carbocycles. The number of ether oxygens (including phenoxy) is 1. The summed E-state index contributed by atoms with van der Waals surface area (Å²) in [6.07, 6.45) is -3.38. The normalized spacial score (nSPS) is 28.4. The van der Waals surface area contributed by atoms with Gasteiger partial charge in [-0.2, -0.15) is 8.78 Å². The summed E-state index contributed by atoms with van der Waals surface area (Å²) < 4.78 is 30.3. The summed E-state index contributed by atoms with van der Waals surface area (Å²) in [6.45, 7) is 6.01. The van der Waals surface area contributed by atoms with Crippen molar-refractivity contribution in [2.45, 2.75) is 40.2 Å². The first-order chi connectivity index (χ1) is 9.03. The van der Waals surface area contributed by atoms with Gasteiger partial charge in [0.25, 0.3) is 6.08 Å². The van der Waals surface area contributed by atoms with Gasteiger partial charge < -0.3 is 9.84 Å². The van der Waals surface area contributed by atoms with Gasteiger partial charge in [-0.15, -0.1) is 0 Å². The molecule has 0 amide bonds. The quantitative estimate of drug-likeness (QED) is 0.790. The van der Waals surface area contributed by atoms with Crippen LogP contribution in [0.4, 0.5) is 8.78 Å². The van der Waals surface area contributed by atoms with E-state index in [0.717, 1.165) is 6.92 Å². The molecule has 0 radical (unpaired) electrons. The molecule has 1 aliphatic rings. The first kappa shape index (κ1) is 16.9. The van der Waals surface area contributed by atoms with Crippen molar-refractivity contribution in [1.82, 2.24) is 0 Å². The molecule has 0 spiro atoms. The summed E-state index contributed by atoms with van der Waals surface area (Å²) in [5, 5.41) is 8.52. The molecule has 1 aliphatic carbocycles. The summed E-state index contributed by atoms with van der Waals surface area (Å²) in [5.41, 5.74) is -2.04. The Balaban J connectivity index is 3.27. The second-order valence-electron chi connectivity index (χ2n) is 5.47. The number of carbonyl (C=O) groups excluding carboxylic acids is 1. The SMILES string of the molecule is CCC1(C(=O)O)C(C(OC(C)=O)C(Cl)=C(F)F)C1(C)C. The number of rotatable bonds is 5. The lowest BCUT2D eigenvalue weighted by molar-refractivity contribution is -0.150. The van der Waals surface area contributed by atoms with Crippen LogP contribution in [0, 0.1) is 16.7 Å². The fraction of sp³-hybridized carbons (Fsp3) is 0.692. The van der Waals surface area contributed by atoms with Crippen molar-refractivity contribution in [3.63, 3.8) is 0 Å². The molecule has 1 fully saturated rings. The molecule has 3 unspecified atom stereocenters. The zero-order valence-corrected chi connectivity index (χ0v) is 12.4. The van der Waals surface area contributed by atoms with Crippen LogP contribution in [0.15, 0.2) is 11.1 Å². The van der Waals surface area contributed by atoms with Crippen molar-refractivity contribution in [3.05, 3.63) is 11.1 Å². The first-order valence-electron chi connectivity index (χ1n) is 6.15. The second-order valence-corrected chi connectivity index (χ2v) is 5.87. The molecular formula is C13H17ClF2O4. The van der Waals surface area contributed by atoms with Gasteiger partial charge in [-0.25, -0.2) is 0 Å². The molecule has 0 aromatic heterocycles. The molecule has 3 atom stereocenters. The first-order valence-corrected chi connectivity index (χ1v) is 6.53. The van der Waals surface area contributed by atoms with E-state index >= 15 is 0 Å². The number of carboxylic acids is 1. The van der Waals surface area contributed by atoms with Crippen LogP contribution in [-0.2, 0) is 14.3 Å². The third-order valence-corrected chi connectivity index (χ3v) is 4.70. The summed E-state index contributed by atoms with van der Waals surface area (Å²) in [7, 11) is 0. The molecule has 0 heterocycles. The van der Waals surface area contributed by atoms with Gasteiger partial charge in [0, 0.05) is 12.8 Å². The Kier molecular flexibility index (Phi) is 4.49. The molecule has 0 aromatic rings. The van der Waals surface area contributed by atoms with Crippen LogP contribution in [0.1, 0.15) is 34.1 Å². The summed E-state index contributed by atoms with van der Waals surface area (Å²) in [6, 6.07) is 0. The van der Waals surface area contributed by atoms with Crippen LogP contribution in [0.25, 0.3) is 0 Å². The van der Waals surface area contributed by atoms with Gasteiger partial charge in [0.1, 0.15) is 11.1 Å². The Bertz CT molecular complexity index is 471. The summed E-state index contributed by atoms with van der Waals surface area (Å²) in [5.74, 6) is -2.68. The Morgan fingerprint density at radius 3 is 2.15 bits per heavy atom. The number of esters is 1. The average molecular weight is 311 g/mol. The molecule has 114 valence electrons. The highest BCUT2D eigenvalue weighted by Crippen LogP contribution is 2.73. The van der Waals surface area contributed by atoms with Crippen molar-refractivity contribution < 1.29 is 28.2 Å². The van der Waals surface area contributed by atoms with Gasteiger partial charge >= 0.3 is 11.9 Å². The van der Waals surface area contributed by atoms with Crippen molar-refractivity contribution >= 4 is 23.5 Å². The fourth-order valence-corrected chi connectivity index (χ4v) is 3.49. The summed E-state index contributed by atoms with van der Waals surface area (Å²) >= 11 is 5.54. The summed E-state index contributed by atoms with van der Waals surface area (Å²) in [4.78, 5) is 22.6. The topological polar surface area (TPSA) is 63.6 Å². The highest BCUT2D eigenvalue weighted by atomic mass is 35.5. The van der Waals surface area contributed by atoms with E-state index in [-0.39, 0.29) is 6.42 Å². The van der Waals surface area contributed by atoms with E-state index in [1.807, 2.05) is 0 Å². The van der Waals surface area contributed by atoms with Gasteiger partial charge in [0.2, 0.25) is 0 Å². The minimum absolute atomic E-state index is 0.232. The largest absolute Gasteiger partial charge is 0.481 e. The molecule has 20 heavy (non-hydrogen) atoms. The number of hydrogen-bond donors (Lipinski definition) is 1. The Hall–Kier alpha value is -1.17. The average Bonchev–Trinajstić information content (AvgIpc) is 2.82. The third kappa shape index (κ3) is 2.30. The van der Waals surface area contributed by atoms with E-state index in [1.165, 1.54) is 0 Å². The molecule has 0 saturated heterocycles. The molecule has 0 aliphatic heterocycles. The highest BCUT2D eigenvalue weighted by Gasteiger charge is 2.78. The van der Waals surface area contributed by atoms with Crippen LogP contribution >= 0.6 is 11.6 Å². The van der Waals surface area contributed by atoms with Crippen LogP contribution in [-0.4, -0.2) is 23.1 Å². The van der Waals surface area contributed by atoms with Gasteiger partial charge in [-0.05, 0) is 11.8 Å². The fourth-order valence-electron chi connectivity index (χ4n) is 3.32. The third-order valence-electron chi connectivity index (χ3n) is 4.34. The van der Waals surface area contributed by atoms with E-state index < -0.39 is 45.9 Å². The van der Waals surface area contributed by atoms with E-state index in [4.69, 9.17) is 16.3 Å². The minimum atomic E-state index is -2.17. The zero-order chi connectivity index (χ0) is 15.9. The highest BCUT2D eigenvalue weighted by molar-refractivity contribution is 6.30. The lowest BCUT2D eigenvalue weighted by atomic mass is 9.93. The van der Waals surface area contributed by atoms with Crippen LogP contribution in [0.5, 0.6) is 0 Å². The van der Waals surface area contributed by atoms with Crippen LogP contribution in [0.3, 0.4) is 0 Å². The van der Waals surface area contributed by atoms with Gasteiger partial charge in [0.15, 0.2) is 0 Å². The predicted octanol–water partition coefficient (Wildman–Crippen LogP) is 3.40. The number of aliphatic carboxylic acids is 1. The molecule has 1 N–H and O–H groups in total. The number of carboxylic acid groups (broad SMARTS) is 1. The molecule has 1 rings (SSSR count). The smallest absolute Gasteiger partial charge is 0.310 e. The van der Waals surface area contributed by atoms with E-state index in [2.05, 4.69) is 0 Å². The number of carbonyl (C=O) groups is 2. The lowest BCUT2D eigenvalue weighted by Gasteiger charge is -2.18. The van der Waals surface area contributed by atoms with E-state index in [0.29, 0.717) is 0 Å². The van der Waals surface area contributed by atoms with Crippen LogP contribution < -0.4 is 0 Å². The molecular weight excluding hydrogens is 294 g/mol. The van der Waals surface area contributed by atoms with E-state index in [1.54, 1.807) is 20.8 Å². The Morgan fingerprint density at radius 1 is 1.40 bits per heavy atom. The number of hydrogen-bond acceptors (Lipinski definition) is 3. The van der Waals surface area contributed by atoms with E-state index in [9.17, 15) is 23.5 Å². The predicted molar refractivity (Wildman–Crippen MR) is 68.3 cm³/mol. The lowest BCUT2D eigenvalue weighted by Crippen LogP contribution is -2.27. The monoisotopic (exact) mass is 310 g/mol. The molecule has 7 heteroatoms. The minimum Gasteiger partial charge on any atom is -0.481 e. The van der Waals surface area contributed by atoms with Gasteiger partial charge in [-0.3, -0.25) is 9.59 Å². The maximum Gasteiger partial charge on any atom is 0.310 e. The zero-order valence-electron chi connectivity index (χ0n) is 11.7. The molecule has 1 saturated carbocycles. The molecule has 0 bridgehead atoms. The standard InChI is InChI=1S/C13H17ClF2O4/c1-5-13(11(18)19)9(12(13,3)4)8(20-6(2)17)7(14)10(15)16/h8-9H,5H2,1-4H3,(H,18,19). The van der Waals surface area contributed by atoms with Crippen molar-refractivity contribution in [3.8, 4) is 0 Å². The molecule has 4 nitrogen and oxygen atoms in total.